The van der Waals surface area contributed by atoms with Gasteiger partial charge in [-0.2, -0.15) is 0 Å². The summed E-state index contributed by atoms with van der Waals surface area (Å²) in [6.07, 6.45) is -0.686. The molecule has 0 aromatic rings. The topological polar surface area (TPSA) is 231 Å². The molecule has 0 radical (unpaired) electrons. The maximum atomic E-state index is 13.0. The van der Waals surface area contributed by atoms with E-state index in [4.69, 9.17) is 16.6 Å². The zero-order chi connectivity index (χ0) is 27.3. The van der Waals surface area contributed by atoms with Gasteiger partial charge in [0.1, 0.15) is 18.1 Å². The zero-order valence-corrected chi connectivity index (χ0v) is 20.7. The summed E-state index contributed by atoms with van der Waals surface area (Å²) >= 11 is 0. The second kappa shape index (κ2) is 15.6. The maximum absolute atomic E-state index is 13.0. The van der Waals surface area contributed by atoms with Gasteiger partial charge in [-0.3, -0.25) is 24.0 Å². The van der Waals surface area contributed by atoms with Crippen molar-refractivity contribution in [2.75, 3.05) is 0 Å². The fourth-order valence-corrected chi connectivity index (χ4v) is 3.22. The number of carbonyl (C=O) groups is 6. The SMILES string of the molecule is CC(C)CC(N)C(=O)NC(CCC(=O)O)C(=O)NC(CC(C)C)C(=O)NC(CCC(N)=O)C(=O)O. The third-order valence-electron chi connectivity index (χ3n) is 4.98. The van der Waals surface area contributed by atoms with Crippen LogP contribution >= 0.6 is 0 Å². The summed E-state index contributed by atoms with van der Waals surface area (Å²) in [4.78, 5) is 71.7. The van der Waals surface area contributed by atoms with Crippen molar-refractivity contribution in [3.63, 3.8) is 0 Å². The van der Waals surface area contributed by atoms with Gasteiger partial charge in [0.15, 0.2) is 0 Å². The molecule has 4 atom stereocenters. The van der Waals surface area contributed by atoms with Crippen molar-refractivity contribution < 1.29 is 39.0 Å². The van der Waals surface area contributed by atoms with Gasteiger partial charge in [-0.05, 0) is 37.5 Å². The fraction of sp³-hybridized carbons (Fsp3) is 0.727. The molecule has 0 saturated carbocycles. The number of nitrogens with two attached hydrogens (primary N) is 2. The van der Waals surface area contributed by atoms with Gasteiger partial charge in [-0.15, -0.1) is 0 Å². The minimum atomic E-state index is -1.40. The Morgan fingerprint density at radius 1 is 0.686 bits per heavy atom. The molecule has 0 aliphatic carbocycles. The lowest BCUT2D eigenvalue weighted by Crippen LogP contribution is -2.57. The first-order valence-electron chi connectivity index (χ1n) is 11.5. The summed E-state index contributed by atoms with van der Waals surface area (Å²) in [6.45, 7) is 7.29. The van der Waals surface area contributed by atoms with E-state index in [0.29, 0.717) is 6.42 Å². The average Bonchev–Trinajstić information content (AvgIpc) is 2.71. The summed E-state index contributed by atoms with van der Waals surface area (Å²) in [6, 6.07) is -4.76. The molecule has 4 amide bonds. The van der Waals surface area contributed by atoms with E-state index in [0.717, 1.165) is 0 Å². The van der Waals surface area contributed by atoms with Gasteiger partial charge in [0.25, 0.3) is 0 Å². The van der Waals surface area contributed by atoms with E-state index in [1.807, 2.05) is 13.8 Å². The Kier molecular flexibility index (Phi) is 14.2. The van der Waals surface area contributed by atoms with Gasteiger partial charge in [0.05, 0.1) is 6.04 Å². The second-order valence-corrected chi connectivity index (χ2v) is 9.32. The minimum Gasteiger partial charge on any atom is -0.481 e. The van der Waals surface area contributed by atoms with Crippen LogP contribution in [0.3, 0.4) is 0 Å². The van der Waals surface area contributed by atoms with Crippen LogP contribution in [0.4, 0.5) is 0 Å². The molecule has 200 valence electrons. The lowest BCUT2D eigenvalue weighted by molar-refractivity contribution is -0.142. The van der Waals surface area contributed by atoms with Crippen LogP contribution in [0.2, 0.25) is 0 Å². The predicted molar refractivity (Wildman–Crippen MR) is 126 cm³/mol. The number of rotatable bonds is 17. The Morgan fingerprint density at radius 2 is 1.14 bits per heavy atom. The van der Waals surface area contributed by atoms with E-state index in [-0.39, 0.29) is 37.5 Å². The molecule has 0 fully saturated rings. The number of amides is 4. The standard InChI is InChI=1S/C22H39N5O8/c1-11(2)9-13(23)19(31)25-14(6-8-18(29)30)20(32)27-16(10-12(3)4)21(33)26-15(22(34)35)5-7-17(24)28/h11-16H,5-10,23H2,1-4H3,(H2,24,28)(H,25,31)(H,26,33)(H,27,32)(H,29,30)(H,34,35). The van der Waals surface area contributed by atoms with E-state index in [2.05, 4.69) is 16.0 Å². The highest BCUT2D eigenvalue weighted by Crippen LogP contribution is 2.09. The van der Waals surface area contributed by atoms with Crippen LogP contribution in [-0.4, -0.2) is 69.9 Å². The number of nitrogens with one attached hydrogen (secondary N) is 3. The van der Waals surface area contributed by atoms with Gasteiger partial charge in [0, 0.05) is 12.8 Å². The van der Waals surface area contributed by atoms with Gasteiger partial charge in [0.2, 0.25) is 23.6 Å². The monoisotopic (exact) mass is 501 g/mol. The largest absolute Gasteiger partial charge is 0.481 e. The molecule has 35 heavy (non-hydrogen) atoms. The molecular formula is C22H39N5O8. The third kappa shape index (κ3) is 13.9. The van der Waals surface area contributed by atoms with Gasteiger partial charge in [-0.1, -0.05) is 27.7 Å². The number of aliphatic carboxylic acids is 2. The summed E-state index contributed by atoms with van der Waals surface area (Å²) < 4.78 is 0. The first kappa shape index (κ1) is 31.8. The van der Waals surface area contributed by atoms with Crippen LogP contribution in [0.15, 0.2) is 0 Å². The van der Waals surface area contributed by atoms with Crippen LogP contribution < -0.4 is 27.4 Å². The molecule has 0 aliphatic rings. The quantitative estimate of drug-likeness (QED) is 0.130. The van der Waals surface area contributed by atoms with Crippen molar-refractivity contribution in [2.24, 2.45) is 23.3 Å². The number of carbonyl (C=O) groups excluding carboxylic acids is 4. The lowest BCUT2D eigenvalue weighted by Gasteiger charge is -2.26. The van der Waals surface area contributed by atoms with E-state index >= 15 is 0 Å². The molecule has 0 heterocycles. The average molecular weight is 502 g/mol. The number of carboxylic acids is 2. The van der Waals surface area contributed by atoms with Crippen LogP contribution in [0.25, 0.3) is 0 Å². The molecular weight excluding hydrogens is 462 g/mol. The molecule has 0 aliphatic heterocycles. The Hall–Kier alpha value is -3.22. The predicted octanol–water partition coefficient (Wildman–Crippen LogP) is -0.925. The maximum Gasteiger partial charge on any atom is 0.326 e. The molecule has 0 saturated heterocycles. The molecule has 0 bridgehead atoms. The van der Waals surface area contributed by atoms with Crippen molar-refractivity contribution in [3.05, 3.63) is 0 Å². The van der Waals surface area contributed by atoms with Crippen molar-refractivity contribution in [1.82, 2.24) is 16.0 Å². The number of hydrogen-bond donors (Lipinski definition) is 7. The molecule has 13 nitrogen and oxygen atoms in total. The molecule has 0 aromatic heterocycles. The van der Waals surface area contributed by atoms with Crippen LogP contribution in [0.1, 0.15) is 66.2 Å². The summed E-state index contributed by atoms with van der Waals surface area (Å²) in [5, 5.41) is 25.6. The van der Waals surface area contributed by atoms with E-state index in [1.165, 1.54) is 0 Å². The fourth-order valence-electron chi connectivity index (χ4n) is 3.22. The second-order valence-electron chi connectivity index (χ2n) is 9.32. The Bertz CT molecular complexity index is 771. The molecule has 0 rings (SSSR count). The number of carboxylic acid groups (broad SMARTS) is 2. The summed E-state index contributed by atoms with van der Waals surface area (Å²) in [5.74, 6) is -5.51. The van der Waals surface area contributed by atoms with Crippen molar-refractivity contribution >= 4 is 35.6 Å². The highest BCUT2D eigenvalue weighted by molar-refractivity contribution is 5.94. The highest BCUT2D eigenvalue weighted by atomic mass is 16.4. The summed E-state index contributed by atoms with van der Waals surface area (Å²) in [5.41, 5.74) is 10.9. The smallest absolute Gasteiger partial charge is 0.326 e. The van der Waals surface area contributed by atoms with E-state index < -0.39 is 66.2 Å². The Balaban J connectivity index is 5.57. The van der Waals surface area contributed by atoms with E-state index in [1.54, 1.807) is 13.8 Å². The van der Waals surface area contributed by atoms with Crippen LogP contribution in [0.5, 0.6) is 0 Å². The van der Waals surface area contributed by atoms with Gasteiger partial charge < -0.3 is 37.6 Å². The minimum absolute atomic E-state index is 0.0912. The Morgan fingerprint density at radius 3 is 1.60 bits per heavy atom. The lowest BCUT2D eigenvalue weighted by atomic mass is 10.0. The molecule has 4 unspecified atom stereocenters. The van der Waals surface area contributed by atoms with Crippen molar-refractivity contribution in [3.8, 4) is 0 Å². The number of primary amides is 1. The zero-order valence-electron chi connectivity index (χ0n) is 20.7. The van der Waals surface area contributed by atoms with Crippen molar-refractivity contribution in [2.45, 2.75) is 90.4 Å². The third-order valence-corrected chi connectivity index (χ3v) is 4.98. The molecule has 9 N–H and O–H groups in total. The highest BCUT2D eigenvalue weighted by Gasteiger charge is 2.31. The van der Waals surface area contributed by atoms with Crippen molar-refractivity contribution in [1.29, 1.82) is 0 Å². The van der Waals surface area contributed by atoms with Gasteiger partial charge >= 0.3 is 11.9 Å². The Labute approximate surface area is 204 Å². The normalized spacial score (nSPS) is 14.5. The van der Waals surface area contributed by atoms with Crippen LogP contribution in [-0.2, 0) is 28.8 Å². The number of hydrogen-bond acceptors (Lipinski definition) is 7. The van der Waals surface area contributed by atoms with Gasteiger partial charge in [-0.25, -0.2) is 4.79 Å². The summed E-state index contributed by atoms with van der Waals surface area (Å²) in [7, 11) is 0. The first-order valence-corrected chi connectivity index (χ1v) is 11.5. The molecule has 0 spiro atoms. The van der Waals surface area contributed by atoms with E-state index in [9.17, 15) is 33.9 Å². The first-order chi connectivity index (χ1) is 16.1. The van der Waals surface area contributed by atoms with Crippen LogP contribution in [0, 0.1) is 11.8 Å². The molecule has 0 aromatic carbocycles. The molecule has 13 heteroatoms.